The summed E-state index contributed by atoms with van der Waals surface area (Å²) in [5.74, 6) is -0.161. The summed E-state index contributed by atoms with van der Waals surface area (Å²) < 4.78 is 26.6. The second-order valence-corrected chi connectivity index (χ2v) is 7.15. The summed E-state index contributed by atoms with van der Waals surface area (Å²) in [6, 6.07) is 4.26. The van der Waals surface area contributed by atoms with E-state index in [2.05, 4.69) is 11.0 Å². The highest BCUT2D eigenvalue weighted by Crippen LogP contribution is 2.13. The van der Waals surface area contributed by atoms with Crippen LogP contribution in [0.5, 0.6) is 0 Å². The van der Waals surface area contributed by atoms with Crippen LogP contribution >= 0.6 is 0 Å². The molecule has 1 saturated heterocycles. The SMILES string of the molecule is CN(C)S(=O)(=O)N1CCN(C[C@H](C#N)CCC#N)CC1. The van der Waals surface area contributed by atoms with E-state index in [0.29, 0.717) is 45.6 Å². The van der Waals surface area contributed by atoms with Crippen LogP contribution in [0.25, 0.3) is 0 Å². The van der Waals surface area contributed by atoms with Crippen molar-refractivity contribution in [2.45, 2.75) is 12.8 Å². The molecule has 0 spiro atoms. The monoisotopic (exact) mass is 299 g/mol. The Bertz CT molecular complexity index is 483. The van der Waals surface area contributed by atoms with Gasteiger partial charge in [0, 0.05) is 53.2 Å². The molecule has 1 atom stereocenters. The van der Waals surface area contributed by atoms with Gasteiger partial charge in [0.15, 0.2) is 0 Å². The van der Waals surface area contributed by atoms with Crippen molar-refractivity contribution in [1.29, 1.82) is 10.5 Å². The molecule has 0 aromatic carbocycles. The lowest BCUT2D eigenvalue weighted by Gasteiger charge is -2.35. The van der Waals surface area contributed by atoms with Gasteiger partial charge in [-0.25, -0.2) is 0 Å². The fourth-order valence-corrected chi connectivity index (χ4v) is 3.21. The van der Waals surface area contributed by atoms with Gasteiger partial charge in [-0.1, -0.05) is 0 Å². The van der Waals surface area contributed by atoms with Gasteiger partial charge >= 0.3 is 0 Å². The minimum absolute atomic E-state index is 0.161. The predicted molar refractivity (Wildman–Crippen MR) is 74.6 cm³/mol. The molecular formula is C12H21N5O2S. The molecule has 112 valence electrons. The largest absolute Gasteiger partial charge is 0.299 e. The first-order valence-corrected chi connectivity index (χ1v) is 7.98. The van der Waals surface area contributed by atoms with Crippen molar-refractivity contribution in [2.75, 3.05) is 46.8 Å². The zero-order valence-corrected chi connectivity index (χ0v) is 12.8. The van der Waals surface area contributed by atoms with Crippen molar-refractivity contribution in [3.8, 4) is 12.1 Å². The number of nitrogens with zero attached hydrogens (tertiary/aromatic N) is 5. The first-order valence-electron chi connectivity index (χ1n) is 6.58. The highest BCUT2D eigenvalue weighted by atomic mass is 32.2. The summed E-state index contributed by atoms with van der Waals surface area (Å²) in [6.07, 6.45) is 0.955. The molecule has 0 aromatic heterocycles. The van der Waals surface area contributed by atoms with Crippen molar-refractivity contribution in [3.63, 3.8) is 0 Å². The van der Waals surface area contributed by atoms with E-state index < -0.39 is 10.2 Å². The van der Waals surface area contributed by atoms with E-state index in [0.717, 1.165) is 0 Å². The van der Waals surface area contributed by atoms with E-state index in [9.17, 15) is 8.42 Å². The first kappa shape index (κ1) is 16.9. The van der Waals surface area contributed by atoms with Crippen molar-refractivity contribution in [3.05, 3.63) is 0 Å². The summed E-state index contributed by atoms with van der Waals surface area (Å²) in [5, 5.41) is 17.6. The molecule has 0 radical (unpaired) electrons. The van der Waals surface area contributed by atoms with Gasteiger partial charge < -0.3 is 0 Å². The minimum atomic E-state index is -3.34. The van der Waals surface area contributed by atoms with Crippen LogP contribution in [0.15, 0.2) is 0 Å². The normalized spacial score (nSPS) is 19.4. The highest BCUT2D eigenvalue weighted by molar-refractivity contribution is 7.86. The molecule has 0 aliphatic carbocycles. The van der Waals surface area contributed by atoms with E-state index in [1.54, 1.807) is 0 Å². The standard InChI is InChI=1S/C12H21N5O2S/c1-15(2)20(18,19)17-8-6-16(7-9-17)11-12(10-14)4-3-5-13/h12H,3-4,6-9,11H2,1-2H3/t12-/m0/s1. The molecular weight excluding hydrogens is 278 g/mol. The smallest absolute Gasteiger partial charge is 0.281 e. The molecule has 20 heavy (non-hydrogen) atoms. The molecule has 7 nitrogen and oxygen atoms in total. The fourth-order valence-electron chi connectivity index (χ4n) is 2.12. The second kappa shape index (κ2) is 7.55. The third-order valence-electron chi connectivity index (χ3n) is 3.38. The maximum atomic E-state index is 12.0. The molecule has 1 fully saturated rings. The summed E-state index contributed by atoms with van der Waals surface area (Å²) >= 11 is 0. The van der Waals surface area contributed by atoms with E-state index in [-0.39, 0.29) is 5.92 Å². The van der Waals surface area contributed by atoms with Crippen molar-refractivity contribution in [1.82, 2.24) is 13.5 Å². The molecule has 1 heterocycles. The van der Waals surface area contributed by atoms with E-state index in [1.807, 2.05) is 6.07 Å². The van der Waals surface area contributed by atoms with Gasteiger partial charge in [-0.15, -0.1) is 0 Å². The van der Waals surface area contributed by atoms with Crippen molar-refractivity contribution in [2.24, 2.45) is 5.92 Å². The summed E-state index contributed by atoms with van der Waals surface area (Å²) in [6.45, 7) is 2.73. The fraction of sp³-hybridized carbons (Fsp3) is 0.833. The molecule has 0 unspecified atom stereocenters. The lowest BCUT2D eigenvalue weighted by molar-refractivity contribution is 0.169. The zero-order valence-electron chi connectivity index (χ0n) is 12.0. The van der Waals surface area contributed by atoms with Crippen molar-refractivity contribution < 1.29 is 8.42 Å². The molecule has 0 N–H and O–H groups in total. The average Bonchev–Trinajstić information content (AvgIpc) is 2.43. The first-order chi connectivity index (χ1) is 9.41. The third kappa shape index (κ3) is 4.43. The number of hydrogen-bond donors (Lipinski definition) is 0. The zero-order chi connectivity index (χ0) is 15.2. The topological polar surface area (TPSA) is 91.4 Å². The Labute approximate surface area is 121 Å². The highest BCUT2D eigenvalue weighted by Gasteiger charge is 2.29. The van der Waals surface area contributed by atoms with Crippen LogP contribution in [0.2, 0.25) is 0 Å². The maximum absolute atomic E-state index is 12.0. The summed E-state index contributed by atoms with van der Waals surface area (Å²) in [5.41, 5.74) is 0. The Morgan fingerprint density at radius 3 is 2.25 bits per heavy atom. The van der Waals surface area contributed by atoms with Gasteiger partial charge in [0.05, 0.1) is 18.1 Å². The number of rotatable bonds is 6. The molecule has 1 rings (SSSR count). The van der Waals surface area contributed by atoms with Crippen LogP contribution in [0, 0.1) is 28.6 Å². The van der Waals surface area contributed by atoms with Crippen molar-refractivity contribution >= 4 is 10.2 Å². The van der Waals surface area contributed by atoms with Gasteiger partial charge in [0.2, 0.25) is 0 Å². The van der Waals surface area contributed by atoms with Gasteiger partial charge in [-0.2, -0.15) is 27.6 Å². The predicted octanol–water partition coefficient (Wildman–Crippen LogP) is -0.146. The van der Waals surface area contributed by atoms with Crippen LogP contribution < -0.4 is 0 Å². The van der Waals surface area contributed by atoms with Gasteiger partial charge in [-0.05, 0) is 6.42 Å². The Morgan fingerprint density at radius 1 is 1.20 bits per heavy atom. The van der Waals surface area contributed by atoms with Gasteiger partial charge in [0.25, 0.3) is 10.2 Å². The average molecular weight is 299 g/mol. The van der Waals surface area contributed by atoms with E-state index in [1.165, 1.54) is 22.7 Å². The quantitative estimate of drug-likeness (QED) is 0.680. The lowest BCUT2D eigenvalue weighted by Crippen LogP contribution is -2.52. The number of hydrogen-bond acceptors (Lipinski definition) is 5. The molecule has 8 heteroatoms. The van der Waals surface area contributed by atoms with E-state index in [4.69, 9.17) is 10.5 Å². The van der Waals surface area contributed by atoms with Gasteiger partial charge in [0.1, 0.15) is 0 Å². The molecule has 1 aliphatic rings. The number of piperazine rings is 1. The molecule has 0 saturated carbocycles. The van der Waals surface area contributed by atoms with Gasteiger partial charge in [-0.3, -0.25) is 4.90 Å². The Balaban J connectivity index is 2.47. The Kier molecular flexibility index (Phi) is 6.37. The van der Waals surface area contributed by atoms with Crippen LogP contribution in [-0.4, -0.2) is 68.7 Å². The van der Waals surface area contributed by atoms with Crippen LogP contribution in [0.3, 0.4) is 0 Å². The third-order valence-corrected chi connectivity index (χ3v) is 5.33. The van der Waals surface area contributed by atoms with Crippen LogP contribution in [0.1, 0.15) is 12.8 Å². The Hall–Kier alpha value is -1.19. The van der Waals surface area contributed by atoms with Crippen LogP contribution in [-0.2, 0) is 10.2 Å². The molecule has 0 amide bonds. The Morgan fingerprint density at radius 2 is 1.80 bits per heavy atom. The van der Waals surface area contributed by atoms with E-state index >= 15 is 0 Å². The number of nitriles is 2. The molecule has 0 bridgehead atoms. The minimum Gasteiger partial charge on any atom is -0.299 e. The maximum Gasteiger partial charge on any atom is 0.281 e. The lowest BCUT2D eigenvalue weighted by atomic mass is 10.0. The molecule has 1 aliphatic heterocycles. The van der Waals surface area contributed by atoms with Crippen LogP contribution in [0.4, 0.5) is 0 Å². The summed E-state index contributed by atoms with van der Waals surface area (Å²) in [4.78, 5) is 2.09. The summed E-state index contributed by atoms with van der Waals surface area (Å²) in [7, 11) is -0.293. The second-order valence-electron chi connectivity index (χ2n) is 5.01. The molecule has 0 aromatic rings.